The van der Waals surface area contributed by atoms with Crippen molar-refractivity contribution in [3.05, 3.63) is 23.8 Å². The van der Waals surface area contributed by atoms with Gasteiger partial charge < -0.3 is 30.5 Å². The summed E-state index contributed by atoms with van der Waals surface area (Å²) in [6, 6.07) is 5.53. The second kappa shape index (κ2) is 12.8. The van der Waals surface area contributed by atoms with E-state index in [1.54, 1.807) is 25.3 Å². The molecule has 0 radical (unpaired) electrons. The summed E-state index contributed by atoms with van der Waals surface area (Å²) in [5.74, 6) is 1.60. The van der Waals surface area contributed by atoms with Gasteiger partial charge in [0.1, 0.15) is 17.1 Å². The first-order valence-corrected chi connectivity index (χ1v) is 10.6. The van der Waals surface area contributed by atoms with E-state index >= 15 is 0 Å². The van der Waals surface area contributed by atoms with Crippen LogP contribution in [0.5, 0.6) is 11.5 Å². The van der Waals surface area contributed by atoms with Crippen molar-refractivity contribution in [2.24, 2.45) is 4.99 Å². The Hall–Kier alpha value is -1.91. The predicted molar refractivity (Wildman–Crippen MR) is 133 cm³/mol. The van der Waals surface area contributed by atoms with E-state index < -0.39 is 5.60 Å². The average Bonchev–Trinajstić information content (AvgIpc) is 2.67. The number of alkyl carbamates (subject to hydrolysis) is 1. The summed E-state index contributed by atoms with van der Waals surface area (Å²) in [6.45, 7) is 8.68. The summed E-state index contributed by atoms with van der Waals surface area (Å²) < 4.78 is 10.6. The van der Waals surface area contributed by atoms with Crippen molar-refractivity contribution in [3.8, 4) is 11.5 Å². The van der Waals surface area contributed by atoms with Crippen molar-refractivity contribution in [1.82, 2.24) is 16.0 Å². The van der Waals surface area contributed by atoms with Crippen LogP contribution in [0.1, 0.15) is 58.9 Å². The van der Waals surface area contributed by atoms with Crippen molar-refractivity contribution in [2.75, 3.05) is 13.7 Å². The van der Waals surface area contributed by atoms with Crippen LogP contribution in [0.25, 0.3) is 0 Å². The van der Waals surface area contributed by atoms with E-state index in [-0.39, 0.29) is 47.9 Å². The van der Waals surface area contributed by atoms with Crippen molar-refractivity contribution in [2.45, 2.75) is 77.6 Å². The van der Waals surface area contributed by atoms with E-state index in [0.717, 1.165) is 32.2 Å². The molecule has 0 bridgehead atoms. The molecule has 0 aromatic heterocycles. The fraction of sp³-hybridized carbons (Fsp3) is 0.636. The van der Waals surface area contributed by atoms with Crippen molar-refractivity contribution >= 4 is 36.0 Å². The first-order chi connectivity index (χ1) is 14.2. The first kappa shape index (κ1) is 27.1. The lowest BCUT2D eigenvalue weighted by Crippen LogP contribution is -2.48. The topological polar surface area (TPSA) is 104 Å². The molecule has 176 valence electrons. The molecule has 0 unspecified atom stereocenters. The maximum absolute atomic E-state index is 12.0. The second-order valence-corrected chi connectivity index (χ2v) is 8.53. The smallest absolute Gasteiger partial charge is 0.407 e. The van der Waals surface area contributed by atoms with Crippen molar-refractivity contribution in [1.29, 1.82) is 0 Å². The van der Waals surface area contributed by atoms with Crippen LogP contribution >= 0.6 is 24.0 Å². The number of amides is 1. The zero-order valence-electron chi connectivity index (χ0n) is 19.2. The molecule has 1 aromatic carbocycles. The Kier molecular flexibility index (Phi) is 11.2. The third kappa shape index (κ3) is 9.84. The number of rotatable bonds is 6. The molecule has 0 atom stereocenters. The summed E-state index contributed by atoms with van der Waals surface area (Å²) in [5, 5.41) is 19.7. The number of halogens is 1. The number of hydrogen-bond donors (Lipinski definition) is 4. The van der Waals surface area contributed by atoms with Gasteiger partial charge in [-0.05, 0) is 71.6 Å². The highest BCUT2D eigenvalue weighted by molar-refractivity contribution is 14.0. The maximum Gasteiger partial charge on any atom is 0.407 e. The Morgan fingerprint density at radius 2 is 1.77 bits per heavy atom. The van der Waals surface area contributed by atoms with Crippen LogP contribution in [0, 0.1) is 0 Å². The Morgan fingerprint density at radius 3 is 2.32 bits per heavy atom. The molecule has 1 amide bonds. The third-order valence-electron chi connectivity index (χ3n) is 4.83. The molecule has 0 aliphatic heterocycles. The zero-order valence-corrected chi connectivity index (χ0v) is 21.5. The summed E-state index contributed by atoms with van der Waals surface area (Å²) in [6.07, 6.45) is 3.26. The number of nitrogens with zero attached hydrogens (tertiary/aromatic N) is 1. The maximum atomic E-state index is 12.0. The van der Waals surface area contributed by atoms with Crippen LogP contribution in [0.15, 0.2) is 23.2 Å². The Morgan fingerprint density at radius 1 is 1.16 bits per heavy atom. The minimum atomic E-state index is -0.489. The summed E-state index contributed by atoms with van der Waals surface area (Å²) in [5.41, 5.74) is 0.217. The molecule has 1 aromatic rings. The molecule has 0 heterocycles. The van der Waals surface area contributed by atoms with E-state index in [9.17, 15) is 9.90 Å². The van der Waals surface area contributed by atoms with E-state index in [4.69, 9.17) is 9.47 Å². The lowest BCUT2D eigenvalue weighted by molar-refractivity contribution is 0.0490. The first-order valence-electron chi connectivity index (χ1n) is 10.6. The second-order valence-electron chi connectivity index (χ2n) is 8.53. The summed E-state index contributed by atoms with van der Waals surface area (Å²) >= 11 is 0. The molecule has 0 saturated heterocycles. The molecule has 2 rings (SSSR count). The van der Waals surface area contributed by atoms with Gasteiger partial charge in [0.15, 0.2) is 5.96 Å². The number of hydrogen-bond acceptors (Lipinski definition) is 5. The predicted octanol–water partition coefficient (Wildman–Crippen LogP) is 3.91. The molecule has 1 saturated carbocycles. The number of ether oxygens (including phenoxy) is 2. The normalized spacial score (nSPS) is 19.1. The zero-order chi connectivity index (χ0) is 22.1. The number of carbonyl (C=O) groups excluding carboxylic acids is 1. The van der Waals surface area contributed by atoms with Crippen molar-refractivity contribution in [3.63, 3.8) is 0 Å². The van der Waals surface area contributed by atoms with E-state index in [0.29, 0.717) is 23.8 Å². The highest BCUT2D eigenvalue weighted by Crippen LogP contribution is 2.24. The third-order valence-corrected chi connectivity index (χ3v) is 4.83. The molecule has 0 spiro atoms. The molecule has 9 heteroatoms. The molecule has 1 fully saturated rings. The van der Waals surface area contributed by atoms with Gasteiger partial charge in [0.25, 0.3) is 0 Å². The van der Waals surface area contributed by atoms with Gasteiger partial charge in [-0.3, -0.25) is 0 Å². The number of aromatic hydroxyl groups is 1. The molecule has 31 heavy (non-hydrogen) atoms. The molecule has 1 aliphatic rings. The largest absolute Gasteiger partial charge is 0.508 e. The summed E-state index contributed by atoms with van der Waals surface area (Å²) in [7, 11) is 1.60. The molecule has 1 aliphatic carbocycles. The van der Waals surface area contributed by atoms with Gasteiger partial charge >= 0.3 is 6.09 Å². The molecule has 4 N–H and O–H groups in total. The highest BCUT2D eigenvalue weighted by atomic mass is 127. The number of carbonyl (C=O) groups is 1. The van der Waals surface area contributed by atoms with Gasteiger partial charge in [-0.15, -0.1) is 24.0 Å². The minimum absolute atomic E-state index is 0. The SMILES string of the molecule is CCNC(=NCc1cc(OC)ccc1O)NC1CCC(NC(=O)OC(C)(C)C)CC1.I. The Bertz CT molecular complexity index is 729. The van der Waals surface area contributed by atoms with Gasteiger partial charge in [-0.25, -0.2) is 9.79 Å². The number of nitrogens with one attached hydrogen (secondary N) is 3. The monoisotopic (exact) mass is 548 g/mol. The van der Waals surface area contributed by atoms with Crippen LogP contribution in [-0.4, -0.2) is 48.5 Å². The number of guanidine groups is 1. The number of phenolic OH excluding ortho intramolecular Hbond substituents is 1. The fourth-order valence-electron chi connectivity index (χ4n) is 3.35. The van der Waals surface area contributed by atoms with Gasteiger partial charge in [0.05, 0.1) is 13.7 Å². The van der Waals surface area contributed by atoms with Gasteiger partial charge in [-0.2, -0.15) is 0 Å². The average molecular weight is 548 g/mol. The standard InChI is InChI=1S/C22H36N4O4.HI/c1-6-23-20(24-14-15-13-18(29-5)11-12-19(15)27)25-16-7-9-17(10-8-16)26-21(28)30-22(2,3)4;/h11-13,16-17,27H,6-10,14H2,1-5H3,(H,26,28)(H2,23,24,25);1H. The van der Waals surface area contributed by atoms with Crippen LogP contribution in [0.4, 0.5) is 4.79 Å². The highest BCUT2D eigenvalue weighted by Gasteiger charge is 2.25. The van der Waals surface area contributed by atoms with Crippen LogP contribution in [0.3, 0.4) is 0 Å². The summed E-state index contributed by atoms with van der Waals surface area (Å²) in [4.78, 5) is 16.6. The van der Waals surface area contributed by atoms with Gasteiger partial charge in [0, 0.05) is 24.2 Å². The van der Waals surface area contributed by atoms with Crippen LogP contribution in [-0.2, 0) is 11.3 Å². The van der Waals surface area contributed by atoms with Gasteiger partial charge in [-0.1, -0.05) is 0 Å². The molecular formula is C22H37IN4O4. The van der Waals surface area contributed by atoms with Gasteiger partial charge in [0.2, 0.25) is 0 Å². The number of methoxy groups -OCH3 is 1. The lowest BCUT2D eigenvalue weighted by Gasteiger charge is -2.31. The van der Waals surface area contributed by atoms with E-state index in [1.807, 2.05) is 27.7 Å². The van der Waals surface area contributed by atoms with E-state index in [2.05, 4.69) is 20.9 Å². The molecular weight excluding hydrogens is 511 g/mol. The quantitative estimate of drug-likeness (QED) is 0.244. The van der Waals surface area contributed by atoms with Crippen molar-refractivity contribution < 1.29 is 19.4 Å². The Balaban J connectivity index is 0.00000480. The number of benzene rings is 1. The van der Waals surface area contributed by atoms with E-state index in [1.165, 1.54) is 0 Å². The minimum Gasteiger partial charge on any atom is -0.508 e. The van der Waals surface area contributed by atoms with Crippen LogP contribution in [0.2, 0.25) is 0 Å². The number of aliphatic imine (C=N–C) groups is 1. The number of phenols is 1. The molecule has 8 nitrogen and oxygen atoms in total. The fourth-order valence-corrected chi connectivity index (χ4v) is 3.35. The lowest BCUT2D eigenvalue weighted by atomic mass is 9.91. The Labute approximate surface area is 202 Å². The van der Waals surface area contributed by atoms with Crippen LogP contribution < -0.4 is 20.7 Å².